The molecular weight excluding hydrogens is 208 g/mol. The van der Waals surface area contributed by atoms with E-state index in [9.17, 15) is 9.59 Å². The van der Waals surface area contributed by atoms with Crippen LogP contribution in [0.1, 0.15) is 0 Å². The third-order valence-corrected chi connectivity index (χ3v) is 0.330. The molecule has 1 N–H and O–H groups in total. The number of carboxylic acids is 1. The topological polar surface area (TPSA) is 54.4 Å². The van der Waals surface area contributed by atoms with E-state index < -0.39 is 11.2 Å². The van der Waals surface area contributed by atoms with Crippen molar-refractivity contribution in [3.8, 4) is 0 Å². The molecule has 0 saturated heterocycles. The molecule has 0 aromatic rings. The van der Waals surface area contributed by atoms with Crippen LogP contribution in [0.25, 0.3) is 0 Å². The number of aliphatic carboxylic acids is 1. The van der Waals surface area contributed by atoms with Gasteiger partial charge in [0.2, 0.25) is 0 Å². The van der Waals surface area contributed by atoms with Crippen molar-refractivity contribution in [2.24, 2.45) is 0 Å². The molecule has 0 aromatic heterocycles. The Labute approximate surface area is 77.3 Å². The van der Waals surface area contributed by atoms with Gasteiger partial charge in [0, 0.05) is 32.7 Å². The monoisotopic (exact) mass is 212 g/mol. The number of carboxylic acid groups (broad SMARTS) is 1. The summed E-state index contributed by atoms with van der Waals surface area (Å²) in [7, 11) is 0. The normalized spacial score (nSPS) is 5.62. The van der Waals surface area contributed by atoms with Crippen molar-refractivity contribution < 1.29 is 47.4 Å². The minimum absolute atomic E-state index is 0. The Bertz CT molecular complexity index is 80.5. The van der Waals surface area contributed by atoms with Gasteiger partial charge in [0.1, 0.15) is 0 Å². The molecule has 0 fully saturated rings. The first-order chi connectivity index (χ1) is 2.64. The second-order valence-corrected chi connectivity index (χ2v) is 0.922. The van der Waals surface area contributed by atoms with Gasteiger partial charge in [0.15, 0.2) is 0 Å². The number of carbonyl (C=O) groups is 2. The summed E-state index contributed by atoms with van der Waals surface area (Å²) in [6, 6.07) is 0. The molecule has 0 saturated carbocycles. The van der Waals surface area contributed by atoms with E-state index in [2.05, 4.69) is 11.6 Å². The number of hydrogen-bond donors (Lipinski definition) is 1. The predicted octanol–water partition coefficient (Wildman–Crippen LogP) is 0.284. The van der Waals surface area contributed by atoms with Crippen LogP contribution in [0.3, 0.4) is 0 Å². The zero-order valence-electron chi connectivity index (χ0n) is 4.22. The fraction of sp³-hybridized carbons (Fsp3) is 0. The fourth-order valence-corrected chi connectivity index (χ4v) is 0. The van der Waals surface area contributed by atoms with Crippen molar-refractivity contribution in [2.45, 2.75) is 0 Å². The molecule has 0 heterocycles. The van der Waals surface area contributed by atoms with Crippen molar-refractivity contribution >= 4 is 22.8 Å². The SMILES string of the molecule is O=C(O)C(=O)Cl.[CH3-].[Y]. The molecule has 0 aromatic carbocycles. The molecule has 3 nitrogen and oxygen atoms in total. The van der Waals surface area contributed by atoms with Gasteiger partial charge in [-0.1, -0.05) is 0 Å². The average molecular weight is 212 g/mol. The van der Waals surface area contributed by atoms with E-state index in [0.29, 0.717) is 0 Å². The molecule has 0 unspecified atom stereocenters. The van der Waals surface area contributed by atoms with Gasteiger partial charge in [-0.15, -0.1) is 0 Å². The van der Waals surface area contributed by atoms with Crippen molar-refractivity contribution in [1.29, 1.82) is 0 Å². The summed E-state index contributed by atoms with van der Waals surface area (Å²) in [4.78, 5) is 18.5. The Hall–Kier alpha value is 0.534. The Balaban J connectivity index is -0.000000125. The standard InChI is InChI=1S/C2HClO3.CH3.Y/c3-1(4)2(5)6;;/h(H,5,6);1H3;/q;-1;. The smallest absolute Gasteiger partial charge is 0.388 e. The maximum atomic E-state index is 9.31. The van der Waals surface area contributed by atoms with Crippen molar-refractivity contribution in [3.63, 3.8) is 0 Å². The molecule has 5 heteroatoms. The van der Waals surface area contributed by atoms with E-state index >= 15 is 0 Å². The van der Waals surface area contributed by atoms with E-state index in [0.717, 1.165) is 0 Å². The van der Waals surface area contributed by atoms with Crippen LogP contribution >= 0.6 is 11.6 Å². The molecule has 0 atom stereocenters. The van der Waals surface area contributed by atoms with Gasteiger partial charge >= 0.3 is 11.2 Å². The molecule has 0 amide bonds. The second kappa shape index (κ2) is 7.53. The number of carbonyl (C=O) groups excluding carboxylic acids is 1. The molecule has 0 rings (SSSR count). The zero-order valence-corrected chi connectivity index (χ0v) is 7.81. The van der Waals surface area contributed by atoms with Crippen LogP contribution in [-0.2, 0) is 42.3 Å². The fourth-order valence-electron chi connectivity index (χ4n) is 0. The van der Waals surface area contributed by atoms with Gasteiger partial charge in [-0.2, -0.15) is 0 Å². The third-order valence-electron chi connectivity index (χ3n) is 0.168. The first-order valence-electron chi connectivity index (χ1n) is 1.07. The summed E-state index contributed by atoms with van der Waals surface area (Å²) < 4.78 is 0. The van der Waals surface area contributed by atoms with E-state index in [-0.39, 0.29) is 40.1 Å². The van der Waals surface area contributed by atoms with Gasteiger partial charge in [-0.05, 0) is 11.6 Å². The summed E-state index contributed by atoms with van der Waals surface area (Å²) in [6.07, 6.45) is 0. The first-order valence-corrected chi connectivity index (χ1v) is 1.45. The summed E-state index contributed by atoms with van der Waals surface area (Å²) in [6.45, 7) is 0. The zero-order chi connectivity index (χ0) is 5.15. The molecule has 0 aliphatic heterocycles. The Morgan fingerprint density at radius 1 is 1.38 bits per heavy atom. The average Bonchev–Trinajstić information content (AvgIpc) is 1.36. The summed E-state index contributed by atoms with van der Waals surface area (Å²) in [5.74, 6) is -1.61. The first kappa shape index (κ1) is 15.8. The molecule has 0 bridgehead atoms. The molecule has 1 radical (unpaired) electrons. The van der Waals surface area contributed by atoms with Crippen LogP contribution in [0.2, 0.25) is 0 Å². The molecule has 0 spiro atoms. The van der Waals surface area contributed by atoms with Crippen molar-refractivity contribution in [2.75, 3.05) is 0 Å². The van der Waals surface area contributed by atoms with Gasteiger partial charge in [0.05, 0.1) is 0 Å². The maximum Gasteiger partial charge on any atom is 0.388 e. The Morgan fingerprint density at radius 2 is 1.50 bits per heavy atom. The van der Waals surface area contributed by atoms with Gasteiger partial charge in [-0.25, -0.2) is 4.79 Å². The van der Waals surface area contributed by atoms with Crippen LogP contribution in [0.15, 0.2) is 0 Å². The Morgan fingerprint density at radius 3 is 1.50 bits per heavy atom. The van der Waals surface area contributed by atoms with E-state index in [1.807, 2.05) is 0 Å². The summed E-state index contributed by atoms with van der Waals surface area (Å²) >= 11 is 4.37. The molecule has 8 heavy (non-hydrogen) atoms. The molecule has 0 aliphatic rings. The summed E-state index contributed by atoms with van der Waals surface area (Å²) in [5.41, 5.74) is 0. The van der Waals surface area contributed by atoms with Crippen molar-refractivity contribution in [3.05, 3.63) is 7.43 Å². The van der Waals surface area contributed by atoms with Gasteiger partial charge in [0.25, 0.3) is 0 Å². The third kappa shape index (κ3) is 9.73. The van der Waals surface area contributed by atoms with Crippen molar-refractivity contribution in [1.82, 2.24) is 0 Å². The van der Waals surface area contributed by atoms with Crippen LogP contribution in [0.5, 0.6) is 0 Å². The quantitative estimate of drug-likeness (QED) is 0.386. The molecular formula is C3H4ClO3Y-. The van der Waals surface area contributed by atoms with E-state index in [1.165, 1.54) is 0 Å². The second-order valence-electron chi connectivity index (χ2n) is 0.579. The molecule has 0 aliphatic carbocycles. The number of hydrogen-bond acceptors (Lipinski definition) is 2. The number of rotatable bonds is 1. The number of halogens is 1. The predicted molar refractivity (Wildman–Crippen MR) is 24.9 cm³/mol. The minimum Gasteiger partial charge on any atom is -0.475 e. The van der Waals surface area contributed by atoms with Crippen LogP contribution in [0, 0.1) is 7.43 Å². The Kier molecular flexibility index (Phi) is 14.9. The van der Waals surface area contributed by atoms with Crippen LogP contribution < -0.4 is 0 Å². The van der Waals surface area contributed by atoms with E-state index in [1.54, 1.807) is 0 Å². The summed E-state index contributed by atoms with van der Waals surface area (Å²) in [5, 5.41) is 6.16. The molecule has 45 valence electrons. The van der Waals surface area contributed by atoms with Gasteiger partial charge < -0.3 is 12.5 Å². The largest absolute Gasteiger partial charge is 0.475 e. The van der Waals surface area contributed by atoms with Crippen LogP contribution in [-0.4, -0.2) is 16.3 Å². The minimum atomic E-state index is -1.61. The van der Waals surface area contributed by atoms with Gasteiger partial charge in [-0.3, -0.25) is 4.79 Å². The maximum absolute atomic E-state index is 9.31. The van der Waals surface area contributed by atoms with Crippen LogP contribution in [0.4, 0.5) is 0 Å². The van der Waals surface area contributed by atoms with E-state index in [4.69, 9.17) is 5.11 Å².